The molecule has 0 saturated heterocycles. The molecule has 0 aliphatic rings. The van der Waals surface area contributed by atoms with Crippen LogP contribution in [0.3, 0.4) is 0 Å². The molecule has 0 radical (unpaired) electrons. The molecule has 1 atom stereocenters. The third kappa shape index (κ3) is 3.04. The first-order chi connectivity index (χ1) is 6.77. The number of hydrogen-bond donors (Lipinski definition) is 1. The minimum atomic E-state index is 0.235. The fourth-order valence-corrected chi connectivity index (χ4v) is 1.61. The number of rotatable bonds is 4. The molecule has 0 heterocycles. The zero-order chi connectivity index (χ0) is 10.4. The van der Waals surface area contributed by atoms with Crippen LogP contribution < -0.4 is 5.32 Å². The lowest BCUT2D eigenvalue weighted by Crippen LogP contribution is -2.17. The van der Waals surface area contributed by atoms with Gasteiger partial charge in [-0.1, -0.05) is 19.1 Å². The third-order valence-corrected chi connectivity index (χ3v) is 2.76. The number of benzene rings is 1. The van der Waals surface area contributed by atoms with Gasteiger partial charge in [0.1, 0.15) is 0 Å². The van der Waals surface area contributed by atoms with E-state index in [2.05, 4.69) is 34.2 Å². The fraction of sp³-hybridized carbons (Fsp3) is 0.364. The maximum Gasteiger partial charge on any atom is 0.0643 e. The number of hydrogen-bond acceptors (Lipinski definition) is 2. The Morgan fingerprint density at radius 2 is 2.21 bits per heavy atom. The van der Waals surface area contributed by atoms with Crippen molar-refractivity contribution in [1.82, 2.24) is 0 Å². The Balaban J connectivity index is 2.68. The predicted molar refractivity (Wildman–Crippen MR) is 62.1 cm³/mol. The monoisotopic (exact) mass is 252 g/mol. The molecule has 0 saturated carbocycles. The minimum absolute atomic E-state index is 0.235. The molecular formula is C11H13BrN2. The molecule has 2 nitrogen and oxygen atoms in total. The number of para-hydroxylation sites is 1. The molecule has 1 aromatic rings. The molecule has 1 rings (SSSR count). The van der Waals surface area contributed by atoms with Gasteiger partial charge in [0.2, 0.25) is 0 Å². The first-order valence-corrected chi connectivity index (χ1v) is 5.45. The van der Waals surface area contributed by atoms with Crippen LogP contribution in [0.25, 0.3) is 0 Å². The van der Waals surface area contributed by atoms with Crippen LogP contribution >= 0.6 is 15.9 Å². The van der Waals surface area contributed by atoms with Crippen molar-refractivity contribution in [3.63, 3.8) is 0 Å². The molecule has 0 aromatic heterocycles. The Kier molecular flexibility index (Phi) is 4.48. The summed E-state index contributed by atoms with van der Waals surface area (Å²) in [6.07, 6.45) is 1.49. The zero-order valence-electron chi connectivity index (χ0n) is 8.13. The number of nitriles is 1. The molecule has 14 heavy (non-hydrogen) atoms. The Morgan fingerprint density at radius 1 is 1.50 bits per heavy atom. The van der Waals surface area contributed by atoms with Gasteiger partial charge in [-0.25, -0.2) is 0 Å². The number of nitrogens with zero attached hydrogens (tertiary/aromatic N) is 1. The Bertz CT molecular complexity index is 330. The zero-order valence-corrected chi connectivity index (χ0v) is 9.71. The molecule has 74 valence electrons. The lowest BCUT2D eigenvalue weighted by molar-refractivity contribution is 0.711. The average molecular weight is 253 g/mol. The van der Waals surface area contributed by atoms with Gasteiger partial charge < -0.3 is 5.32 Å². The summed E-state index contributed by atoms with van der Waals surface area (Å²) in [6, 6.07) is 10.4. The van der Waals surface area contributed by atoms with Gasteiger partial charge in [-0.05, 0) is 34.5 Å². The van der Waals surface area contributed by atoms with Crippen molar-refractivity contribution < 1.29 is 0 Å². The summed E-state index contributed by atoms with van der Waals surface area (Å²) >= 11 is 3.46. The van der Waals surface area contributed by atoms with Gasteiger partial charge in [-0.15, -0.1) is 0 Å². The summed E-state index contributed by atoms with van der Waals surface area (Å²) < 4.78 is 1.04. The second kappa shape index (κ2) is 5.66. The van der Waals surface area contributed by atoms with Crippen molar-refractivity contribution in [3.8, 4) is 6.07 Å². The van der Waals surface area contributed by atoms with Crippen molar-refractivity contribution in [2.45, 2.75) is 25.8 Å². The van der Waals surface area contributed by atoms with E-state index in [0.29, 0.717) is 6.42 Å². The van der Waals surface area contributed by atoms with E-state index in [0.717, 1.165) is 16.6 Å². The molecule has 0 spiro atoms. The van der Waals surface area contributed by atoms with E-state index >= 15 is 0 Å². The summed E-state index contributed by atoms with van der Waals surface area (Å²) in [7, 11) is 0. The Hall–Kier alpha value is -1.01. The fourth-order valence-electron chi connectivity index (χ4n) is 1.21. The Morgan fingerprint density at radius 3 is 2.79 bits per heavy atom. The topological polar surface area (TPSA) is 35.8 Å². The molecule has 3 heteroatoms. The van der Waals surface area contributed by atoms with Crippen LogP contribution in [0.5, 0.6) is 0 Å². The van der Waals surface area contributed by atoms with Crippen molar-refractivity contribution in [1.29, 1.82) is 5.26 Å². The van der Waals surface area contributed by atoms with Crippen molar-refractivity contribution >= 4 is 21.6 Å². The van der Waals surface area contributed by atoms with Gasteiger partial charge in [0.05, 0.1) is 12.5 Å². The number of anilines is 1. The smallest absolute Gasteiger partial charge is 0.0643 e. The van der Waals surface area contributed by atoms with E-state index < -0.39 is 0 Å². The maximum atomic E-state index is 8.61. The average Bonchev–Trinajstić information content (AvgIpc) is 2.20. The second-order valence-corrected chi connectivity index (χ2v) is 3.95. The highest BCUT2D eigenvalue weighted by atomic mass is 79.9. The predicted octanol–water partition coefficient (Wildman–Crippen LogP) is 3.55. The number of halogens is 1. The molecule has 1 unspecified atom stereocenters. The van der Waals surface area contributed by atoms with E-state index in [1.165, 1.54) is 0 Å². The summed E-state index contributed by atoms with van der Waals surface area (Å²) in [6.45, 7) is 2.08. The quantitative estimate of drug-likeness (QED) is 0.890. The van der Waals surface area contributed by atoms with E-state index in [-0.39, 0.29) is 6.04 Å². The molecule has 1 N–H and O–H groups in total. The normalized spacial score (nSPS) is 11.8. The van der Waals surface area contributed by atoms with Crippen LogP contribution in [0, 0.1) is 11.3 Å². The van der Waals surface area contributed by atoms with Gasteiger partial charge in [-0.3, -0.25) is 0 Å². The highest BCUT2D eigenvalue weighted by Crippen LogP contribution is 2.22. The highest BCUT2D eigenvalue weighted by molar-refractivity contribution is 9.10. The van der Waals surface area contributed by atoms with Gasteiger partial charge in [-0.2, -0.15) is 5.26 Å². The van der Waals surface area contributed by atoms with Crippen LogP contribution in [0.2, 0.25) is 0 Å². The molecule has 0 aliphatic heterocycles. The third-order valence-electron chi connectivity index (χ3n) is 2.06. The maximum absolute atomic E-state index is 8.61. The van der Waals surface area contributed by atoms with Crippen LogP contribution in [0.1, 0.15) is 19.8 Å². The molecule has 0 bridgehead atoms. The standard InChI is InChI=1S/C11H13BrN2/c1-2-9(7-8-13)14-11-6-4-3-5-10(11)12/h3-6,9,14H,2,7H2,1H3. The SMILES string of the molecule is CCC(CC#N)Nc1ccccc1Br. The molecule has 0 amide bonds. The van der Waals surface area contributed by atoms with Crippen LogP contribution in [-0.2, 0) is 0 Å². The summed E-state index contributed by atoms with van der Waals surface area (Å²) in [5.41, 5.74) is 1.05. The van der Waals surface area contributed by atoms with Gasteiger partial charge in [0.15, 0.2) is 0 Å². The van der Waals surface area contributed by atoms with Crippen molar-refractivity contribution in [2.75, 3.05) is 5.32 Å². The van der Waals surface area contributed by atoms with Gasteiger partial charge in [0.25, 0.3) is 0 Å². The Labute approximate surface area is 93.1 Å². The second-order valence-electron chi connectivity index (χ2n) is 3.09. The number of nitrogens with one attached hydrogen (secondary N) is 1. The van der Waals surface area contributed by atoms with E-state index in [1.54, 1.807) is 0 Å². The summed E-state index contributed by atoms with van der Waals surface area (Å²) in [5.74, 6) is 0. The highest BCUT2D eigenvalue weighted by Gasteiger charge is 2.06. The van der Waals surface area contributed by atoms with E-state index in [4.69, 9.17) is 5.26 Å². The molecular weight excluding hydrogens is 240 g/mol. The first-order valence-electron chi connectivity index (χ1n) is 4.66. The molecule has 0 fully saturated rings. The van der Waals surface area contributed by atoms with Gasteiger partial charge >= 0.3 is 0 Å². The van der Waals surface area contributed by atoms with Gasteiger partial charge in [0, 0.05) is 16.2 Å². The van der Waals surface area contributed by atoms with Crippen LogP contribution in [0.15, 0.2) is 28.7 Å². The largest absolute Gasteiger partial charge is 0.380 e. The molecule has 1 aromatic carbocycles. The van der Waals surface area contributed by atoms with Crippen LogP contribution in [-0.4, -0.2) is 6.04 Å². The van der Waals surface area contributed by atoms with Crippen molar-refractivity contribution in [3.05, 3.63) is 28.7 Å². The van der Waals surface area contributed by atoms with Crippen LogP contribution in [0.4, 0.5) is 5.69 Å². The minimum Gasteiger partial charge on any atom is -0.380 e. The van der Waals surface area contributed by atoms with Crippen molar-refractivity contribution in [2.24, 2.45) is 0 Å². The van der Waals surface area contributed by atoms with E-state index in [1.807, 2.05) is 24.3 Å². The summed E-state index contributed by atoms with van der Waals surface area (Å²) in [4.78, 5) is 0. The van der Waals surface area contributed by atoms with E-state index in [9.17, 15) is 0 Å². The summed E-state index contributed by atoms with van der Waals surface area (Å²) in [5, 5.41) is 11.9. The molecule has 0 aliphatic carbocycles. The lowest BCUT2D eigenvalue weighted by Gasteiger charge is -2.15. The lowest BCUT2D eigenvalue weighted by atomic mass is 10.1. The first kappa shape index (κ1) is 11.1.